The molecule has 6 nitrogen and oxygen atoms in total. The molecule has 26 heavy (non-hydrogen) atoms. The van der Waals surface area contributed by atoms with Crippen LogP contribution in [-0.2, 0) is 6.42 Å². The van der Waals surface area contributed by atoms with Gasteiger partial charge in [0, 0.05) is 24.5 Å². The highest BCUT2D eigenvalue weighted by Gasteiger charge is 2.29. The number of hydrogen-bond acceptors (Lipinski definition) is 3. The lowest BCUT2D eigenvalue weighted by molar-refractivity contribution is 0.0940. The molecule has 0 saturated carbocycles. The summed E-state index contributed by atoms with van der Waals surface area (Å²) >= 11 is 0. The summed E-state index contributed by atoms with van der Waals surface area (Å²) in [4.78, 5) is 31.9. The molecule has 0 spiro atoms. The number of para-hydroxylation sites is 1. The smallest absolute Gasteiger partial charge is 0.294 e. The molecule has 2 amide bonds. The van der Waals surface area contributed by atoms with Crippen LogP contribution in [0.25, 0.3) is 5.52 Å². The van der Waals surface area contributed by atoms with Gasteiger partial charge in [-0.05, 0) is 44.0 Å². The fraction of sp³-hybridized carbons (Fsp3) is 0.250. The molecule has 0 radical (unpaired) electrons. The number of benzene rings is 1. The molecule has 2 aromatic heterocycles. The number of rotatable bonds is 3. The van der Waals surface area contributed by atoms with Crippen molar-refractivity contribution in [2.75, 3.05) is 11.4 Å². The van der Waals surface area contributed by atoms with Gasteiger partial charge in [-0.2, -0.15) is 0 Å². The van der Waals surface area contributed by atoms with E-state index in [2.05, 4.69) is 10.3 Å². The molecule has 1 aromatic carbocycles. The summed E-state index contributed by atoms with van der Waals surface area (Å²) in [6, 6.07) is 13.3. The second-order valence-electron chi connectivity index (χ2n) is 6.70. The van der Waals surface area contributed by atoms with Gasteiger partial charge in [-0.25, -0.2) is 4.98 Å². The second-order valence-corrected chi connectivity index (χ2v) is 6.70. The van der Waals surface area contributed by atoms with Crippen LogP contribution in [0.5, 0.6) is 0 Å². The summed E-state index contributed by atoms with van der Waals surface area (Å²) in [6.07, 6.45) is 2.59. The third-order valence-electron chi connectivity index (χ3n) is 4.51. The monoisotopic (exact) mass is 348 g/mol. The molecule has 1 N–H and O–H groups in total. The van der Waals surface area contributed by atoms with E-state index in [1.54, 1.807) is 21.6 Å². The van der Waals surface area contributed by atoms with E-state index in [-0.39, 0.29) is 29.4 Å². The van der Waals surface area contributed by atoms with E-state index < -0.39 is 0 Å². The standard InChI is InChI=1S/C20H20N4O2/c1-13(2)21-19(25)17-16-9-5-6-11-23(16)18(22-17)20(26)24-12-10-14-7-3-4-8-15(14)24/h3-9,11,13H,10,12H2,1-2H3,(H,21,25). The molecule has 0 saturated heterocycles. The number of amides is 2. The Morgan fingerprint density at radius 3 is 2.69 bits per heavy atom. The molecule has 0 unspecified atom stereocenters. The van der Waals surface area contributed by atoms with Crippen molar-refractivity contribution in [3.05, 3.63) is 65.7 Å². The first-order valence-corrected chi connectivity index (χ1v) is 8.74. The Balaban J connectivity index is 1.78. The second kappa shape index (κ2) is 6.29. The normalized spacial score (nSPS) is 13.3. The average molecular weight is 348 g/mol. The van der Waals surface area contributed by atoms with Gasteiger partial charge in [-0.3, -0.25) is 14.0 Å². The molecule has 0 bridgehead atoms. The number of nitrogens with zero attached hydrogens (tertiary/aromatic N) is 3. The third-order valence-corrected chi connectivity index (χ3v) is 4.51. The van der Waals surface area contributed by atoms with Crippen molar-refractivity contribution in [3.63, 3.8) is 0 Å². The maximum atomic E-state index is 13.2. The quantitative estimate of drug-likeness (QED) is 0.791. The Bertz CT molecular complexity index is 1010. The van der Waals surface area contributed by atoms with Gasteiger partial charge in [0.05, 0.1) is 5.52 Å². The number of aromatic nitrogens is 2. The summed E-state index contributed by atoms with van der Waals surface area (Å²) in [5.41, 5.74) is 2.97. The Morgan fingerprint density at radius 2 is 1.88 bits per heavy atom. The summed E-state index contributed by atoms with van der Waals surface area (Å²) in [6.45, 7) is 4.40. The van der Waals surface area contributed by atoms with Crippen LogP contribution >= 0.6 is 0 Å². The molecule has 0 fully saturated rings. The average Bonchev–Trinajstić information content (AvgIpc) is 3.22. The highest BCUT2D eigenvalue weighted by Crippen LogP contribution is 2.29. The number of hydrogen-bond donors (Lipinski definition) is 1. The van der Waals surface area contributed by atoms with Gasteiger partial charge < -0.3 is 10.2 Å². The maximum absolute atomic E-state index is 13.2. The van der Waals surface area contributed by atoms with Gasteiger partial charge >= 0.3 is 0 Å². The van der Waals surface area contributed by atoms with Crippen LogP contribution in [0.3, 0.4) is 0 Å². The number of carbonyl (C=O) groups excluding carboxylic acids is 2. The van der Waals surface area contributed by atoms with Gasteiger partial charge in [0.2, 0.25) is 5.82 Å². The molecular formula is C20H20N4O2. The summed E-state index contributed by atoms with van der Waals surface area (Å²) in [7, 11) is 0. The van der Waals surface area contributed by atoms with E-state index in [0.29, 0.717) is 12.1 Å². The zero-order valence-corrected chi connectivity index (χ0v) is 14.8. The minimum atomic E-state index is -0.274. The van der Waals surface area contributed by atoms with Crippen molar-refractivity contribution in [3.8, 4) is 0 Å². The SMILES string of the molecule is CC(C)NC(=O)c1nc(C(=O)N2CCc3ccccc32)n2ccccc12. The predicted octanol–water partition coefficient (Wildman–Crippen LogP) is 2.68. The third kappa shape index (κ3) is 2.63. The van der Waals surface area contributed by atoms with E-state index in [4.69, 9.17) is 0 Å². The Labute approximate surface area is 151 Å². The van der Waals surface area contributed by atoms with Crippen molar-refractivity contribution < 1.29 is 9.59 Å². The summed E-state index contributed by atoms with van der Waals surface area (Å²) in [5.74, 6) is -0.212. The van der Waals surface area contributed by atoms with Crippen molar-refractivity contribution >= 4 is 23.0 Å². The van der Waals surface area contributed by atoms with Crippen molar-refractivity contribution in [1.82, 2.24) is 14.7 Å². The van der Waals surface area contributed by atoms with Crippen LogP contribution in [-0.4, -0.2) is 33.8 Å². The number of pyridine rings is 1. The zero-order chi connectivity index (χ0) is 18.3. The molecule has 1 aliphatic heterocycles. The number of carbonyl (C=O) groups is 2. The number of fused-ring (bicyclic) bond motifs is 2. The minimum Gasteiger partial charge on any atom is -0.348 e. The van der Waals surface area contributed by atoms with Gasteiger partial charge in [-0.1, -0.05) is 24.3 Å². The largest absolute Gasteiger partial charge is 0.348 e. The van der Waals surface area contributed by atoms with Gasteiger partial charge in [0.1, 0.15) is 0 Å². The molecular weight excluding hydrogens is 328 g/mol. The molecule has 0 aliphatic carbocycles. The Morgan fingerprint density at radius 1 is 1.12 bits per heavy atom. The van der Waals surface area contributed by atoms with Gasteiger partial charge in [-0.15, -0.1) is 0 Å². The van der Waals surface area contributed by atoms with Crippen molar-refractivity contribution in [2.45, 2.75) is 26.3 Å². The number of nitrogens with one attached hydrogen (secondary N) is 1. The number of imidazole rings is 1. The Kier molecular flexibility index (Phi) is 3.95. The first-order chi connectivity index (χ1) is 12.6. The van der Waals surface area contributed by atoms with Gasteiger partial charge in [0.25, 0.3) is 11.8 Å². The lowest BCUT2D eigenvalue weighted by Gasteiger charge is -2.16. The van der Waals surface area contributed by atoms with Crippen LogP contribution in [0, 0.1) is 0 Å². The van der Waals surface area contributed by atoms with Crippen molar-refractivity contribution in [2.24, 2.45) is 0 Å². The van der Waals surface area contributed by atoms with Crippen LogP contribution in [0.1, 0.15) is 40.5 Å². The van der Waals surface area contributed by atoms with Crippen LogP contribution < -0.4 is 10.2 Å². The highest BCUT2D eigenvalue weighted by atomic mass is 16.2. The van der Waals surface area contributed by atoms with Crippen LogP contribution in [0.4, 0.5) is 5.69 Å². The Hall–Kier alpha value is -3.15. The van der Waals surface area contributed by atoms with E-state index in [0.717, 1.165) is 17.7 Å². The highest BCUT2D eigenvalue weighted by molar-refractivity contribution is 6.08. The maximum Gasteiger partial charge on any atom is 0.294 e. The fourth-order valence-electron chi connectivity index (χ4n) is 3.36. The lowest BCUT2D eigenvalue weighted by Crippen LogP contribution is -2.31. The summed E-state index contributed by atoms with van der Waals surface area (Å²) < 4.78 is 1.69. The first-order valence-electron chi connectivity index (χ1n) is 8.74. The molecule has 1 aliphatic rings. The predicted molar refractivity (Wildman–Crippen MR) is 99.6 cm³/mol. The molecule has 0 atom stereocenters. The molecule has 3 aromatic rings. The summed E-state index contributed by atoms with van der Waals surface area (Å²) in [5, 5.41) is 2.85. The fourth-order valence-corrected chi connectivity index (χ4v) is 3.36. The topological polar surface area (TPSA) is 66.7 Å². The zero-order valence-electron chi connectivity index (χ0n) is 14.8. The van der Waals surface area contributed by atoms with E-state index >= 15 is 0 Å². The van der Waals surface area contributed by atoms with E-state index in [1.165, 1.54) is 0 Å². The van der Waals surface area contributed by atoms with Gasteiger partial charge in [0.15, 0.2) is 5.69 Å². The molecule has 3 heterocycles. The van der Waals surface area contributed by atoms with Crippen LogP contribution in [0.15, 0.2) is 48.7 Å². The van der Waals surface area contributed by atoms with Crippen molar-refractivity contribution in [1.29, 1.82) is 0 Å². The van der Waals surface area contributed by atoms with Crippen LogP contribution in [0.2, 0.25) is 0 Å². The molecule has 132 valence electrons. The molecule has 6 heteroatoms. The lowest BCUT2D eigenvalue weighted by atomic mass is 10.2. The van der Waals surface area contributed by atoms with E-state index in [9.17, 15) is 9.59 Å². The number of anilines is 1. The first kappa shape index (κ1) is 16.3. The molecule has 4 rings (SSSR count). The minimum absolute atomic E-state index is 0.00688. The van der Waals surface area contributed by atoms with E-state index in [1.807, 2.05) is 50.2 Å².